The van der Waals surface area contributed by atoms with Crippen LogP contribution in [-0.4, -0.2) is 44.1 Å². The van der Waals surface area contributed by atoms with Crippen molar-refractivity contribution in [2.24, 2.45) is 0 Å². The van der Waals surface area contributed by atoms with Crippen molar-refractivity contribution in [3.63, 3.8) is 0 Å². The van der Waals surface area contributed by atoms with E-state index in [1.54, 1.807) is 33.9 Å². The fraction of sp³-hybridized carbons (Fsp3) is 0.571. The SMILES string of the molecule is COCCOc1cc(NC(=O)OC(C)(C)C)cnc1OC. The number of methoxy groups -OCH3 is 2. The van der Waals surface area contributed by atoms with Gasteiger partial charge in [-0.2, -0.15) is 0 Å². The zero-order chi connectivity index (χ0) is 15.9. The first kappa shape index (κ1) is 17.0. The number of carbonyl (C=O) groups excluding carboxylic acids is 1. The van der Waals surface area contributed by atoms with E-state index in [0.717, 1.165) is 0 Å². The molecule has 7 heteroatoms. The van der Waals surface area contributed by atoms with Crippen molar-refractivity contribution in [1.82, 2.24) is 4.98 Å². The molecule has 0 saturated carbocycles. The molecule has 1 aromatic rings. The van der Waals surface area contributed by atoms with Gasteiger partial charge in [-0.05, 0) is 20.8 Å². The molecule has 0 radical (unpaired) electrons. The molecule has 21 heavy (non-hydrogen) atoms. The summed E-state index contributed by atoms with van der Waals surface area (Å²) in [7, 11) is 3.08. The highest BCUT2D eigenvalue weighted by atomic mass is 16.6. The number of hydrogen-bond donors (Lipinski definition) is 1. The van der Waals surface area contributed by atoms with Gasteiger partial charge in [0.05, 0.1) is 25.6 Å². The summed E-state index contributed by atoms with van der Waals surface area (Å²) in [5.74, 6) is 0.754. The van der Waals surface area contributed by atoms with Crippen molar-refractivity contribution in [3.05, 3.63) is 12.3 Å². The summed E-state index contributed by atoms with van der Waals surface area (Å²) in [6.07, 6.45) is 0.906. The van der Waals surface area contributed by atoms with E-state index in [-0.39, 0.29) is 0 Å². The minimum Gasteiger partial charge on any atom is -0.485 e. The number of carbonyl (C=O) groups is 1. The average Bonchev–Trinajstić information content (AvgIpc) is 2.37. The summed E-state index contributed by atoms with van der Waals surface area (Å²) in [6, 6.07) is 1.62. The second-order valence-corrected chi connectivity index (χ2v) is 5.20. The molecule has 1 amide bonds. The van der Waals surface area contributed by atoms with E-state index in [9.17, 15) is 4.79 Å². The largest absolute Gasteiger partial charge is 0.485 e. The van der Waals surface area contributed by atoms with Crippen LogP contribution < -0.4 is 14.8 Å². The third-order valence-corrected chi connectivity index (χ3v) is 2.20. The number of hydrogen-bond acceptors (Lipinski definition) is 6. The van der Waals surface area contributed by atoms with Gasteiger partial charge in [0.15, 0.2) is 5.75 Å². The monoisotopic (exact) mass is 298 g/mol. The van der Waals surface area contributed by atoms with E-state index in [1.165, 1.54) is 13.3 Å². The normalized spacial score (nSPS) is 10.9. The molecule has 0 atom stereocenters. The van der Waals surface area contributed by atoms with Gasteiger partial charge in [0, 0.05) is 13.2 Å². The molecular formula is C14H22N2O5. The molecule has 1 N–H and O–H groups in total. The Morgan fingerprint density at radius 3 is 2.57 bits per heavy atom. The molecule has 1 rings (SSSR count). The van der Waals surface area contributed by atoms with E-state index in [0.29, 0.717) is 30.5 Å². The molecule has 0 spiro atoms. The van der Waals surface area contributed by atoms with Gasteiger partial charge in [-0.1, -0.05) is 0 Å². The Labute approximate surface area is 124 Å². The van der Waals surface area contributed by atoms with Gasteiger partial charge in [-0.25, -0.2) is 9.78 Å². The van der Waals surface area contributed by atoms with Gasteiger partial charge >= 0.3 is 6.09 Å². The highest BCUT2D eigenvalue weighted by Gasteiger charge is 2.17. The Bertz CT molecular complexity index is 471. The van der Waals surface area contributed by atoms with Gasteiger partial charge in [-0.3, -0.25) is 5.32 Å². The zero-order valence-corrected chi connectivity index (χ0v) is 13.1. The second kappa shape index (κ2) is 7.68. The number of amides is 1. The number of rotatable bonds is 6. The first-order chi connectivity index (χ1) is 9.85. The van der Waals surface area contributed by atoms with Crippen LogP contribution in [0.3, 0.4) is 0 Å². The molecule has 0 unspecified atom stereocenters. The standard InChI is InChI=1S/C14H22N2O5/c1-14(2,3)21-13(17)16-10-8-11(20-7-6-18-4)12(19-5)15-9-10/h8-9H,6-7H2,1-5H3,(H,16,17). The van der Waals surface area contributed by atoms with Crippen LogP contribution in [0, 0.1) is 0 Å². The fourth-order valence-electron chi connectivity index (χ4n) is 1.41. The Morgan fingerprint density at radius 1 is 1.29 bits per heavy atom. The first-order valence-corrected chi connectivity index (χ1v) is 6.51. The first-order valence-electron chi connectivity index (χ1n) is 6.51. The Morgan fingerprint density at radius 2 is 2.00 bits per heavy atom. The molecule has 1 aromatic heterocycles. The number of nitrogens with zero attached hydrogens (tertiary/aromatic N) is 1. The second-order valence-electron chi connectivity index (χ2n) is 5.20. The van der Waals surface area contributed by atoms with E-state index in [4.69, 9.17) is 18.9 Å². The van der Waals surface area contributed by atoms with E-state index in [1.807, 2.05) is 0 Å². The summed E-state index contributed by atoms with van der Waals surface area (Å²) < 4.78 is 20.7. The lowest BCUT2D eigenvalue weighted by molar-refractivity contribution is 0.0636. The number of nitrogens with one attached hydrogen (secondary N) is 1. The maximum Gasteiger partial charge on any atom is 0.412 e. The molecular weight excluding hydrogens is 276 g/mol. The van der Waals surface area contributed by atoms with E-state index >= 15 is 0 Å². The number of pyridine rings is 1. The molecule has 1 heterocycles. The number of aromatic nitrogens is 1. The lowest BCUT2D eigenvalue weighted by atomic mass is 10.2. The topological polar surface area (TPSA) is 78.9 Å². The zero-order valence-electron chi connectivity index (χ0n) is 13.1. The lowest BCUT2D eigenvalue weighted by Crippen LogP contribution is -2.27. The molecule has 7 nitrogen and oxygen atoms in total. The summed E-state index contributed by atoms with van der Waals surface area (Å²) in [5, 5.41) is 2.59. The van der Waals surface area contributed by atoms with Crippen LogP contribution in [0.4, 0.5) is 10.5 Å². The lowest BCUT2D eigenvalue weighted by Gasteiger charge is -2.19. The molecule has 0 aliphatic heterocycles. The quantitative estimate of drug-likeness (QED) is 0.813. The van der Waals surface area contributed by atoms with Crippen LogP contribution in [0.25, 0.3) is 0 Å². The maximum atomic E-state index is 11.7. The van der Waals surface area contributed by atoms with Crippen LogP contribution in [-0.2, 0) is 9.47 Å². The average molecular weight is 298 g/mol. The molecule has 0 aromatic carbocycles. The molecule has 0 saturated heterocycles. The van der Waals surface area contributed by atoms with Crippen molar-refractivity contribution in [1.29, 1.82) is 0 Å². The minimum absolute atomic E-state index is 0.334. The summed E-state index contributed by atoms with van der Waals surface area (Å²) in [6.45, 7) is 6.16. The van der Waals surface area contributed by atoms with Crippen LogP contribution in [0.2, 0.25) is 0 Å². The minimum atomic E-state index is -0.568. The van der Waals surface area contributed by atoms with Gasteiger partial charge in [0.2, 0.25) is 0 Å². The van der Waals surface area contributed by atoms with Crippen LogP contribution >= 0.6 is 0 Å². The Balaban J connectivity index is 2.75. The molecule has 0 aliphatic carbocycles. The predicted octanol–water partition coefficient (Wildman–Crippen LogP) is 2.46. The Hall–Kier alpha value is -2.02. The van der Waals surface area contributed by atoms with E-state index < -0.39 is 11.7 Å². The van der Waals surface area contributed by atoms with Gasteiger partial charge < -0.3 is 18.9 Å². The number of ether oxygens (including phenoxy) is 4. The third kappa shape index (κ3) is 6.31. The third-order valence-electron chi connectivity index (χ3n) is 2.20. The maximum absolute atomic E-state index is 11.7. The molecule has 0 bridgehead atoms. The van der Waals surface area contributed by atoms with Gasteiger partial charge in [0.1, 0.15) is 12.2 Å². The van der Waals surface area contributed by atoms with Crippen molar-refractivity contribution < 1.29 is 23.7 Å². The molecule has 0 fully saturated rings. The molecule has 118 valence electrons. The summed E-state index contributed by atoms with van der Waals surface area (Å²) in [5.41, 5.74) is -0.112. The predicted molar refractivity (Wildman–Crippen MR) is 78.0 cm³/mol. The molecule has 0 aliphatic rings. The van der Waals surface area contributed by atoms with Crippen LogP contribution in [0.1, 0.15) is 20.8 Å². The van der Waals surface area contributed by atoms with Crippen molar-refractivity contribution >= 4 is 11.8 Å². The summed E-state index contributed by atoms with van der Waals surface area (Å²) in [4.78, 5) is 15.8. The smallest absolute Gasteiger partial charge is 0.412 e. The van der Waals surface area contributed by atoms with Crippen LogP contribution in [0.5, 0.6) is 11.6 Å². The number of anilines is 1. The Kier molecular flexibility index (Phi) is 6.23. The van der Waals surface area contributed by atoms with Crippen molar-refractivity contribution in [2.75, 3.05) is 32.8 Å². The van der Waals surface area contributed by atoms with Crippen LogP contribution in [0.15, 0.2) is 12.3 Å². The van der Waals surface area contributed by atoms with Gasteiger partial charge in [0.25, 0.3) is 5.88 Å². The van der Waals surface area contributed by atoms with Crippen molar-refractivity contribution in [2.45, 2.75) is 26.4 Å². The fourth-order valence-corrected chi connectivity index (χ4v) is 1.41. The highest BCUT2D eigenvalue weighted by Crippen LogP contribution is 2.27. The highest BCUT2D eigenvalue weighted by molar-refractivity contribution is 5.85. The van der Waals surface area contributed by atoms with E-state index in [2.05, 4.69) is 10.3 Å². The van der Waals surface area contributed by atoms with Gasteiger partial charge in [-0.15, -0.1) is 0 Å². The van der Waals surface area contributed by atoms with Crippen molar-refractivity contribution in [3.8, 4) is 11.6 Å². The summed E-state index contributed by atoms with van der Waals surface area (Å²) >= 11 is 0.